The lowest BCUT2D eigenvalue weighted by Gasteiger charge is -2.32. The summed E-state index contributed by atoms with van der Waals surface area (Å²) in [6.07, 6.45) is 5.31. The maximum Gasteiger partial charge on any atom is 0.248 e. The first-order valence-electron chi connectivity index (χ1n) is 7.95. The number of aryl methyl sites for hydroxylation is 1. The molecule has 0 radical (unpaired) electrons. The van der Waals surface area contributed by atoms with E-state index in [9.17, 15) is 4.79 Å². The fourth-order valence-electron chi connectivity index (χ4n) is 3.19. The molecule has 2 aromatic rings. The molecule has 5 heteroatoms. The SMILES string of the molecule is Cc1cccc(-c2nccnc2[C@H]2CCCN(C(=O)CO)C2)c1. The zero-order valence-electron chi connectivity index (χ0n) is 13.3. The van der Waals surface area contributed by atoms with Crippen molar-refractivity contribution in [3.8, 4) is 11.3 Å². The molecule has 1 fully saturated rings. The minimum atomic E-state index is -0.433. The van der Waals surface area contributed by atoms with Gasteiger partial charge in [-0.3, -0.25) is 14.8 Å². The number of piperidine rings is 1. The predicted molar refractivity (Wildman–Crippen MR) is 87.8 cm³/mol. The molecule has 1 aromatic heterocycles. The first-order valence-corrected chi connectivity index (χ1v) is 7.95. The Morgan fingerprint density at radius 2 is 2.17 bits per heavy atom. The molecule has 1 atom stereocenters. The highest BCUT2D eigenvalue weighted by Crippen LogP contribution is 2.31. The van der Waals surface area contributed by atoms with E-state index < -0.39 is 6.61 Å². The molecule has 0 spiro atoms. The predicted octanol–water partition coefficient (Wildman–Crippen LogP) is 2.15. The van der Waals surface area contributed by atoms with Crippen LogP contribution in [0.5, 0.6) is 0 Å². The number of carbonyl (C=O) groups excluding carboxylic acids is 1. The average Bonchev–Trinajstić information content (AvgIpc) is 2.61. The third-order valence-corrected chi connectivity index (χ3v) is 4.31. The summed E-state index contributed by atoms with van der Waals surface area (Å²) in [6.45, 7) is 2.92. The number of aliphatic hydroxyl groups is 1. The summed E-state index contributed by atoms with van der Waals surface area (Å²) in [5, 5.41) is 9.09. The van der Waals surface area contributed by atoms with E-state index in [1.807, 2.05) is 12.1 Å². The van der Waals surface area contributed by atoms with Gasteiger partial charge in [0.2, 0.25) is 5.91 Å². The second-order valence-electron chi connectivity index (χ2n) is 6.00. The van der Waals surface area contributed by atoms with E-state index in [1.165, 1.54) is 5.56 Å². The molecule has 0 saturated carbocycles. The van der Waals surface area contributed by atoms with Crippen LogP contribution in [0.15, 0.2) is 36.7 Å². The number of rotatable bonds is 3. The maximum atomic E-state index is 11.8. The molecule has 1 aromatic carbocycles. The van der Waals surface area contributed by atoms with Crippen molar-refractivity contribution in [1.29, 1.82) is 0 Å². The zero-order chi connectivity index (χ0) is 16.2. The molecule has 23 heavy (non-hydrogen) atoms. The Bertz CT molecular complexity index is 702. The van der Waals surface area contributed by atoms with Crippen LogP contribution in [0.1, 0.15) is 30.0 Å². The van der Waals surface area contributed by atoms with Crippen LogP contribution in [-0.2, 0) is 4.79 Å². The van der Waals surface area contributed by atoms with E-state index in [1.54, 1.807) is 17.3 Å². The maximum absolute atomic E-state index is 11.8. The van der Waals surface area contributed by atoms with Gasteiger partial charge in [0.05, 0.1) is 11.4 Å². The Morgan fingerprint density at radius 1 is 1.35 bits per heavy atom. The van der Waals surface area contributed by atoms with Crippen molar-refractivity contribution in [2.45, 2.75) is 25.7 Å². The Labute approximate surface area is 136 Å². The van der Waals surface area contributed by atoms with E-state index >= 15 is 0 Å². The Balaban J connectivity index is 1.93. The number of amides is 1. The number of nitrogens with zero attached hydrogens (tertiary/aromatic N) is 3. The van der Waals surface area contributed by atoms with Gasteiger partial charge in [0.1, 0.15) is 6.61 Å². The summed E-state index contributed by atoms with van der Waals surface area (Å²) >= 11 is 0. The minimum Gasteiger partial charge on any atom is -0.387 e. The molecule has 1 saturated heterocycles. The highest BCUT2D eigenvalue weighted by atomic mass is 16.3. The Hall–Kier alpha value is -2.27. The van der Waals surface area contributed by atoms with Gasteiger partial charge >= 0.3 is 0 Å². The second kappa shape index (κ2) is 6.87. The topological polar surface area (TPSA) is 66.3 Å². The average molecular weight is 311 g/mol. The minimum absolute atomic E-state index is 0.156. The summed E-state index contributed by atoms with van der Waals surface area (Å²) in [5.41, 5.74) is 4.06. The summed E-state index contributed by atoms with van der Waals surface area (Å²) in [6, 6.07) is 8.22. The van der Waals surface area contributed by atoms with Crippen molar-refractivity contribution >= 4 is 5.91 Å². The molecule has 1 aliphatic heterocycles. The first-order chi connectivity index (χ1) is 11.2. The standard InChI is InChI=1S/C18H21N3O2/c1-13-4-2-5-14(10-13)17-18(20-8-7-19-17)15-6-3-9-21(11-15)16(23)12-22/h2,4-5,7-8,10,15,22H,3,6,9,11-12H2,1H3/t15-/m0/s1. The fraction of sp³-hybridized carbons (Fsp3) is 0.389. The molecular weight excluding hydrogens is 290 g/mol. The van der Waals surface area contributed by atoms with Gasteiger partial charge in [-0.05, 0) is 25.8 Å². The van der Waals surface area contributed by atoms with Crippen LogP contribution in [0.2, 0.25) is 0 Å². The Morgan fingerprint density at radius 3 is 2.96 bits per heavy atom. The van der Waals surface area contributed by atoms with Gasteiger partial charge in [0.25, 0.3) is 0 Å². The van der Waals surface area contributed by atoms with Crippen LogP contribution < -0.4 is 0 Å². The van der Waals surface area contributed by atoms with Gasteiger partial charge < -0.3 is 10.0 Å². The van der Waals surface area contributed by atoms with Gasteiger partial charge in [-0.1, -0.05) is 23.8 Å². The van der Waals surface area contributed by atoms with Gasteiger partial charge in [-0.15, -0.1) is 0 Å². The summed E-state index contributed by atoms with van der Waals surface area (Å²) < 4.78 is 0. The summed E-state index contributed by atoms with van der Waals surface area (Å²) in [5.74, 6) is -0.0563. The number of aliphatic hydroxyl groups excluding tert-OH is 1. The van der Waals surface area contributed by atoms with Gasteiger partial charge in [-0.2, -0.15) is 0 Å². The highest BCUT2D eigenvalue weighted by Gasteiger charge is 2.27. The number of carbonyl (C=O) groups is 1. The Kier molecular flexibility index (Phi) is 4.67. The first kappa shape index (κ1) is 15.6. The quantitative estimate of drug-likeness (QED) is 0.943. The van der Waals surface area contributed by atoms with Crippen molar-refractivity contribution in [3.63, 3.8) is 0 Å². The zero-order valence-corrected chi connectivity index (χ0v) is 13.3. The molecule has 3 rings (SSSR count). The molecule has 5 nitrogen and oxygen atoms in total. The van der Waals surface area contributed by atoms with Gasteiger partial charge in [0.15, 0.2) is 0 Å². The smallest absolute Gasteiger partial charge is 0.248 e. The number of aromatic nitrogens is 2. The third-order valence-electron chi connectivity index (χ3n) is 4.31. The van der Waals surface area contributed by atoms with Crippen LogP contribution in [0.4, 0.5) is 0 Å². The monoisotopic (exact) mass is 311 g/mol. The molecule has 1 aliphatic rings. The number of hydrogen-bond donors (Lipinski definition) is 1. The number of benzene rings is 1. The number of likely N-dealkylation sites (tertiary alicyclic amines) is 1. The second-order valence-corrected chi connectivity index (χ2v) is 6.00. The molecule has 1 N–H and O–H groups in total. The van der Waals surface area contributed by atoms with Gasteiger partial charge in [0, 0.05) is 37.0 Å². The lowest BCUT2D eigenvalue weighted by molar-refractivity contribution is -0.135. The molecule has 1 amide bonds. The third kappa shape index (κ3) is 3.40. The lowest BCUT2D eigenvalue weighted by Crippen LogP contribution is -2.40. The normalized spacial score (nSPS) is 18.0. The molecular formula is C18H21N3O2. The van der Waals surface area contributed by atoms with Crippen molar-refractivity contribution in [3.05, 3.63) is 47.9 Å². The van der Waals surface area contributed by atoms with Gasteiger partial charge in [-0.25, -0.2) is 0 Å². The van der Waals surface area contributed by atoms with E-state index in [2.05, 4.69) is 29.0 Å². The summed E-state index contributed by atoms with van der Waals surface area (Å²) in [4.78, 5) is 22.6. The molecule has 2 heterocycles. The molecule has 0 unspecified atom stereocenters. The number of hydrogen-bond acceptors (Lipinski definition) is 4. The van der Waals surface area contributed by atoms with E-state index in [0.717, 1.165) is 29.8 Å². The van der Waals surface area contributed by atoms with E-state index in [4.69, 9.17) is 5.11 Å². The fourth-order valence-corrected chi connectivity index (χ4v) is 3.19. The summed E-state index contributed by atoms with van der Waals surface area (Å²) in [7, 11) is 0. The van der Waals surface area contributed by atoms with Crippen LogP contribution >= 0.6 is 0 Å². The van der Waals surface area contributed by atoms with E-state index in [0.29, 0.717) is 13.1 Å². The van der Waals surface area contributed by atoms with Crippen LogP contribution in [0, 0.1) is 6.92 Å². The van der Waals surface area contributed by atoms with E-state index in [-0.39, 0.29) is 11.8 Å². The van der Waals surface area contributed by atoms with Crippen molar-refractivity contribution < 1.29 is 9.90 Å². The van der Waals surface area contributed by atoms with Crippen molar-refractivity contribution in [2.24, 2.45) is 0 Å². The highest BCUT2D eigenvalue weighted by molar-refractivity contribution is 5.77. The largest absolute Gasteiger partial charge is 0.387 e. The van der Waals surface area contributed by atoms with Crippen molar-refractivity contribution in [2.75, 3.05) is 19.7 Å². The molecule has 120 valence electrons. The van der Waals surface area contributed by atoms with Crippen LogP contribution in [0.3, 0.4) is 0 Å². The van der Waals surface area contributed by atoms with Crippen molar-refractivity contribution in [1.82, 2.24) is 14.9 Å². The van der Waals surface area contributed by atoms with Crippen LogP contribution in [0.25, 0.3) is 11.3 Å². The molecule has 0 bridgehead atoms. The lowest BCUT2D eigenvalue weighted by atomic mass is 9.91. The van der Waals surface area contributed by atoms with Crippen LogP contribution in [-0.4, -0.2) is 45.6 Å². The molecule has 0 aliphatic carbocycles.